The minimum absolute atomic E-state index is 0.0925. The second-order valence-electron chi connectivity index (χ2n) is 5.55. The zero-order valence-corrected chi connectivity index (χ0v) is 12.1. The third kappa shape index (κ3) is 1.82. The molecule has 2 aliphatic rings. The molecule has 1 aromatic rings. The molecule has 1 saturated carbocycles. The van der Waals surface area contributed by atoms with Crippen molar-refractivity contribution in [1.29, 1.82) is 0 Å². The Morgan fingerprint density at radius 2 is 2.35 bits per heavy atom. The first kappa shape index (κ1) is 13.4. The van der Waals surface area contributed by atoms with E-state index in [2.05, 4.69) is 0 Å². The number of carbonyl (C=O) groups excluding carboxylic acids is 1. The number of hydrogen-bond acceptors (Lipinski definition) is 4. The van der Waals surface area contributed by atoms with E-state index in [1.807, 2.05) is 5.38 Å². The SMILES string of the molecule is COc1ccsc1C(=O)N1C[C@@H]2CCC[C@@]2(C(=O)O)C1. The van der Waals surface area contributed by atoms with Crippen molar-refractivity contribution in [2.24, 2.45) is 11.3 Å². The molecule has 2 atom stereocenters. The maximum Gasteiger partial charge on any atom is 0.311 e. The molecule has 1 aliphatic carbocycles. The number of methoxy groups -OCH3 is 1. The zero-order chi connectivity index (χ0) is 14.3. The van der Waals surface area contributed by atoms with E-state index in [1.54, 1.807) is 11.0 Å². The molecule has 5 nitrogen and oxygen atoms in total. The molecule has 3 rings (SSSR count). The minimum atomic E-state index is -0.756. The molecule has 1 N–H and O–H groups in total. The Hall–Kier alpha value is -1.56. The van der Waals surface area contributed by atoms with E-state index < -0.39 is 11.4 Å². The molecule has 0 unspecified atom stereocenters. The number of fused-ring (bicyclic) bond motifs is 1. The summed E-state index contributed by atoms with van der Waals surface area (Å²) in [5.74, 6) is -0.198. The fourth-order valence-corrected chi connectivity index (χ4v) is 4.38. The van der Waals surface area contributed by atoms with Crippen molar-refractivity contribution in [3.63, 3.8) is 0 Å². The van der Waals surface area contributed by atoms with Crippen LogP contribution in [-0.4, -0.2) is 42.1 Å². The first-order valence-corrected chi connectivity index (χ1v) is 7.60. The number of rotatable bonds is 3. The summed E-state index contributed by atoms with van der Waals surface area (Å²) < 4.78 is 5.18. The van der Waals surface area contributed by atoms with E-state index in [9.17, 15) is 14.7 Å². The van der Waals surface area contributed by atoms with Crippen molar-refractivity contribution in [3.8, 4) is 5.75 Å². The number of ether oxygens (including phenoxy) is 1. The molecular formula is C14H17NO4S. The van der Waals surface area contributed by atoms with Gasteiger partial charge in [0.25, 0.3) is 5.91 Å². The van der Waals surface area contributed by atoms with E-state index in [4.69, 9.17) is 4.74 Å². The first-order chi connectivity index (χ1) is 9.58. The van der Waals surface area contributed by atoms with Crippen molar-refractivity contribution < 1.29 is 19.4 Å². The van der Waals surface area contributed by atoms with Gasteiger partial charge in [0, 0.05) is 13.1 Å². The smallest absolute Gasteiger partial charge is 0.311 e. The quantitative estimate of drug-likeness (QED) is 0.927. The summed E-state index contributed by atoms with van der Waals surface area (Å²) in [5.41, 5.74) is -0.722. The number of thiophene rings is 1. The molecule has 2 heterocycles. The molecule has 1 saturated heterocycles. The van der Waals surface area contributed by atoms with Crippen molar-refractivity contribution in [1.82, 2.24) is 4.90 Å². The van der Waals surface area contributed by atoms with E-state index in [0.29, 0.717) is 30.1 Å². The third-order valence-electron chi connectivity index (χ3n) is 4.63. The van der Waals surface area contributed by atoms with Crippen LogP contribution in [0.15, 0.2) is 11.4 Å². The van der Waals surface area contributed by atoms with Crippen molar-refractivity contribution in [2.75, 3.05) is 20.2 Å². The van der Waals surface area contributed by atoms with Gasteiger partial charge in [-0.1, -0.05) is 6.42 Å². The van der Waals surface area contributed by atoms with Gasteiger partial charge in [-0.3, -0.25) is 9.59 Å². The molecule has 6 heteroatoms. The van der Waals surface area contributed by atoms with Gasteiger partial charge in [0.2, 0.25) is 0 Å². The van der Waals surface area contributed by atoms with Gasteiger partial charge in [-0.15, -0.1) is 11.3 Å². The monoisotopic (exact) mass is 295 g/mol. The Balaban J connectivity index is 1.84. The second-order valence-corrected chi connectivity index (χ2v) is 6.47. The summed E-state index contributed by atoms with van der Waals surface area (Å²) in [6.07, 6.45) is 2.53. The van der Waals surface area contributed by atoms with Crippen LogP contribution in [0.5, 0.6) is 5.75 Å². The van der Waals surface area contributed by atoms with Crippen LogP contribution in [0.4, 0.5) is 0 Å². The van der Waals surface area contributed by atoms with Gasteiger partial charge in [0.05, 0.1) is 12.5 Å². The summed E-state index contributed by atoms with van der Waals surface area (Å²) in [4.78, 5) is 26.4. The van der Waals surface area contributed by atoms with E-state index >= 15 is 0 Å². The molecule has 1 amide bonds. The number of carboxylic acid groups (broad SMARTS) is 1. The van der Waals surface area contributed by atoms with Crippen molar-refractivity contribution in [2.45, 2.75) is 19.3 Å². The van der Waals surface area contributed by atoms with Crippen LogP contribution in [0.1, 0.15) is 28.9 Å². The maximum absolute atomic E-state index is 12.5. The lowest BCUT2D eigenvalue weighted by Crippen LogP contribution is -2.37. The van der Waals surface area contributed by atoms with Crippen molar-refractivity contribution in [3.05, 3.63) is 16.3 Å². The molecule has 1 aromatic heterocycles. The number of aliphatic carboxylic acids is 1. The lowest BCUT2D eigenvalue weighted by atomic mass is 9.81. The second kappa shape index (κ2) is 4.77. The Morgan fingerprint density at radius 1 is 1.55 bits per heavy atom. The number of carboxylic acids is 1. The van der Waals surface area contributed by atoms with Crippen LogP contribution >= 0.6 is 11.3 Å². The summed E-state index contributed by atoms with van der Waals surface area (Å²) >= 11 is 1.34. The fraction of sp³-hybridized carbons (Fsp3) is 0.571. The maximum atomic E-state index is 12.5. The number of nitrogens with zero attached hydrogens (tertiary/aromatic N) is 1. The number of amides is 1. The predicted molar refractivity (Wildman–Crippen MR) is 74.2 cm³/mol. The normalized spacial score (nSPS) is 28.4. The van der Waals surface area contributed by atoms with Crippen LogP contribution in [0.3, 0.4) is 0 Å². The molecule has 0 aromatic carbocycles. The van der Waals surface area contributed by atoms with Gasteiger partial charge in [-0.2, -0.15) is 0 Å². The average molecular weight is 295 g/mol. The van der Waals surface area contributed by atoms with E-state index in [0.717, 1.165) is 12.8 Å². The molecule has 0 radical (unpaired) electrons. The molecule has 108 valence electrons. The Kier molecular flexibility index (Phi) is 3.20. The fourth-order valence-electron chi connectivity index (χ4n) is 3.55. The average Bonchev–Trinajstić information content (AvgIpc) is 3.10. The Morgan fingerprint density at radius 3 is 3.00 bits per heavy atom. The largest absolute Gasteiger partial charge is 0.495 e. The molecule has 0 bridgehead atoms. The summed E-state index contributed by atoms with van der Waals surface area (Å²) in [7, 11) is 1.54. The van der Waals surface area contributed by atoms with Crippen LogP contribution < -0.4 is 4.74 Å². The lowest BCUT2D eigenvalue weighted by molar-refractivity contribution is -0.149. The minimum Gasteiger partial charge on any atom is -0.495 e. The van der Waals surface area contributed by atoms with Crippen LogP contribution in [0.25, 0.3) is 0 Å². The highest BCUT2D eigenvalue weighted by Crippen LogP contribution is 2.49. The van der Waals surface area contributed by atoms with Gasteiger partial charge in [0.1, 0.15) is 10.6 Å². The molecule has 20 heavy (non-hydrogen) atoms. The summed E-state index contributed by atoms with van der Waals surface area (Å²) in [6, 6.07) is 1.77. The van der Waals surface area contributed by atoms with E-state index in [-0.39, 0.29) is 11.8 Å². The molecule has 0 spiro atoms. The number of likely N-dealkylation sites (tertiary alicyclic amines) is 1. The highest BCUT2D eigenvalue weighted by molar-refractivity contribution is 7.12. The van der Waals surface area contributed by atoms with Gasteiger partial charge in [-0.05, 0) is 30.2 Å². The van der Waals surface area contributed by atoms with Gasteiger partial charge >= 0.3 is 5.97 Å². The van der Waals surface area contributed by atoms with Gasteiger partial charge in [-0.25, -0.2) is 0 Å². The van der Waals surface area contributed by atoms with E-state index in [1.165, 1.54) is 18.4 Å². The Bertz CT molecular complexity index is 555. The molecule has 2 fully saturated rings. The van der Waals surface area contributed by atoms with Crippen molar-refractivity contribution >= 4 is 23.2 Å². The van der Waals surface area contributed by atoms with Crippen LogP contribution in [-0.2, 0) is 4.79 Å². The third-order valence-corrected chi connectivity index (χ3v) is 5.51. The van der Waals surface area contributed by atoms with Gasteiger partial charge < -0.3 is 14.7 Å². The first-order valence-electron chi connectivity index (χ1n) is 6.72. The topological polar surface area (TPSA) is 66.8 Å². The lowest BCUT2D eigenvalue weighted by Gasteiger charge is -2.23. The standard InChI is InChI=1S/C14H17NO4S/c1-19-10-4-6-20-11(10)12(16)15-7-9-3-2-5-14(9,8-15)13(17)18/h4,6,9H,2-3,5,7-8H2,1H3,(H,17,18)/t9-,14+/m0/s1. The highest BCUT2D eigenvalue weighted by atomic mass is 32.1. The molecular weight excluding hydrogens is 278 g/mol. The highest BCUT2D eigenvalue weighted by Gasteiger charge is 2.56. The summed E-state index contributed by atoms with van der Waals surface area (Å²) in [5, 5.41) is 11.4. The summed E-state index contributed by atoms with van der Waals surface area (Å²) in [6.45, 7) is 0.874. The Labute approximate surface area is 121 Å². The zero-order valence-electron chi connectivity index (χ0n) is 11.3. The predicted octanol–water partition coefficient (Wildman–Crippen LogP) is 2.08. The van der Waals surface area contributed by atoms with Crippen LogP contribution in [0, 0.1) is 11.3 Å². The van der Waals surface area contributed by atoms with Crippen LogP contribution in [0.2, 0.25) is 0 Å². The number of carbonyl (C=O) groups is 2. The van der Waals surface area contributed by atoms with Gasteiger partial charge in [0.15, 0.2) is 0 Å². The number of hydrogen-bond donors (Lipinski definition) is 1. The molecule has 1 aliphatic heterocycles.